The van der Waals surface area contributed by atoms with Crippen molar-refractivity contribution in [2.24, 2.45) is 5.10 Å². The quantitative estimate of drug-likeness (QED) is 0.406. The molecule has 0 saturated heterocycles. The zero-order valence-electron chi connectivity index (χ0n) is 13.5. The van der Waals surface area contributed by atoms with E-state index in [0.29, 0.717) is 21.0 Å². The smallest absolute Gasteiger partial charge is 0.282 e. The molecule has 0 saturated carbocycles. The van der Waals surface area contributed by atoms with Gasteiger partial charge in [0.1, 0.15) is 5.75 Å². The molecule has 2 aromatic carbocycles. The molecular weight excluding hydrogens is 446 g/mol. The second-order valence-electron chi connectivity index (χ2n) is 5.18. The van der Waals surface area contributed by atoms with E-state index in [1.54, 1.807) is 18.2 Å². The van der Waals surface area contributed by atoms with Gasteiger partial charge >= 0.3 is 0 Å². The van der Waals surface area contributed by atoms with Crippen LogP contribution in [0.4, 0.5) is 5.69 Å². The van der Waals surface area contributed by atoms with Crippen LogP contribution in [-0.2, 0) is 4.79 Å². The highest BCUT2D eigenvalue weighted by atomic mass is 79.9. The Kier molecular flexibility index (Phi) is 5.77. The Morgan fingerprint density at radius 1 is 1.37 bits per heavy atom. The number of nitrogens with one attached hydrogen (secondary N) is 1. The first-order valence-electron chi connectivity index (χ1n) is 7.42. The van der Waals surface area contributed by atoms with Gasteiger partial charge in [-0.3, -0.25) is 14.9 Å². The Balaban J connectivity index is 1.62. The van der Waals surface area contributed by atoms with Gasteiger partial charge < -0.3 is 14.2 Å². The van der Waals surface area contributed by atoms with E-state index in [9.17, 15) is 14.9 Å². The lowest BCUT2D eigenvalue weighted by Gasteiger charge is -2.07. The molecule has 140 valence electrons. The Labute approximate surface area is 166 Å². The van der Waals surface area contributed by atoms with Crippen molar-refractivity contribution in [2.75, 3.05) is 13.4 Å². The van der Waals surface area contributed by atoms with E-state index in [-0.39, 0.29) is 30.4 Å². The van der Waals surface area contributed by atoms with Gasteiger partial charge in [-0.25, -0.2) is 5.43 Å². The lowest BCUT2D eigenvalue weighted by molar-refractivity contribution is -0.385. The normalized spacial score (nSPS) is 12.2. The Morgan fingerprint density at radius 3 is 2.81 bits per heavy atom. The molecule has 1 amide bonds. The number of hydrogen-bond donors (Lipinski definition) is 1. The number of hydrazone groups is 1. The Bertz CT molecular complexity index is 937. The number of nitro benzene ring substituents is 1. The molecule has 1 N–H and O–H groups in total. The second-order valence-corrected chi connectivity index (χ2v) is 6.47. The van der Waals surface area contributed by atoms with E-state index in [4.69, 9.17) is 25.8 Å². The van der Waals surface area contributed by atoms with Crippen LogP contribution in [0, 0.1) is 10.1 Å². The van der Waals surface area contributed by atoms with Crippen LogP contribution in [0.1, 0.15) is 5.56 Å². The van der Waals surface area contributed by atoms with Crippen LogP contribution in [0.25, 0.3) is 0 Å². The van der Waals surface area contributed by atoms with Crippen LogP contribution in [-0.4, -0.2) is 30.4 Å². The topological polar surface area (TPSA) is 112 Å². The molecule has 0 fully saturated rings. The lowest BCUT2D eigenvalue weighted by atomic mass is 10.1. The minimum Gasteiger partial charge on any atom is -0.483 e. The molecule has 0 atom stereocenters. The molecule has 0 radical (unpaired) electrons. The standard InChI is InChI=1S/C16H11BrClN3O6/c17-11-4-10(18)1-2-13(11)25-7-16(22)20-19-6-9-3-14-15(27-8-26-14)5-12(9)21(23)24/h1-6H,7-8H2,(H,20,22)/b19-6+. The van der Waals surface area contributed by atoms with E-state index < -0.39 is 10.8 Å². The van der Waals surface area contributed by atoms with Crippen molar-refractivity contribution in [1.29, 1.82) is 0 Å². The van der Waals surface area contributed by atoms with E-state index in [0.717, 1.165) is 6.21 Å². The number of rotatable bonds is 6. The molecule has 9 nitrogen and oxygen atoms in total. The maximum atomic E-state index is 11.8. The average Bonchev–Trinajstić information content (AvgIpc) is 3.07. The van der Waals surface area contributed by atoms with Crippen molar-refractivity contribution in [1.82, 2.24) is 5.43 Å². The average molecular weight is 457 g/mol. The minimum absolute atomic E-state index is 0.0125. The van der Waals surface area contributed by atoms with Crippen molar-refractivity contribution < 1.29 is 23.9 Å². The molecule has 27 heavy (non-hydrogen) atoms. The molecule has 1 heterocycles. The van der Waals surface area contributed by atoms with Crippen LogP contribution < -0.4 is 19.6 Å². The van der Waals surface area contributed by atoms with Gasteiger partial charge in [0.2, 0.25) is 6.79 Å². The molecule has 2 aromatic rings. The van der Waals surface area contributed by atoms with Crippen LogP contribution in [0.3, 0.4) is 0 Å². The molecule has 0 aromatic heterocycles. The number of nitrogens with zero attached hydrogens (tertiary/aromatic N) is 2. The molecule has 0 spiro atoms. The fourth-order valence-corrected chi connectivity index (χ4v) is 2.95. The number of carbonyl (C=O) groups excluding carboxylic acids is 1. The zero-order chi connectivity index (χ0) is 19.4. The van der Waals surface area contributed by atoms with Crippen LogP contribution in [0.5, 0.6) is 17.2 Å². The summed E-state index contributed by atoms with van der Waals surface area (Å²) in [6.45, 7) is -0.317. The highest BCUT2D eigenvalue weighted by Crippen LogP contribution is 2.37. The largest absolute Gasteiger partial charge is 0.483 e. The van der Waals surface area contributed by atoms with Crippen molar-refractivity contribution in [2.45, 2.75) is 0 Å². The summed E-state index contributed by atoms with van der Waals surface area (Å²) in [4.78, 5) is 22.4. The van der Waals surface area contributed by atoms with Crippen molar-refractivity contribution in [3.05, 3.63) is 55.5 Å². The van der Waals surface area contributed by atoms with Crippen LogP contribution >= 0.6 is 27.5 Å². The summed E-state index contributed by atoms with van der Waals surface area (Å²) in [6, 6.07) is 7.52. The van der Waals surface area contributed by atoms with Gasteiger partial charge in [0.15, 0.2) is 18.1 Å². The van der Waals surface area contributed by atoms with Crippen molar-refractivity contribution in [3.63, 3.8) is 0 Å². The van der Waals surface area contributed by atoms with Gasteiger partial charge in [-0.1, -0.05) is 11.6 Å². The van der Waals surface area contributed by atoms with E-state index in [2.05, 4.69) is 26.5 Å². The predicted octanol–water partition coefficient (Wildman–Crippen LogP) is 3.27. The van der Waals surface area contributed by atoms with E-state index in [1.165, 1.54) is 12.1 Å². The Morgan fingerprint density at radius 2 is 2.11 bits per heavy atom. The van der Waals surface area contributed by atoms with Crippen molar-refractivity contribution >= 4 is 45.3 Å². The molecule has 3 rings (SSSR count). The summed E-state index contributed by atoms with van der Waals surface area (Å²) in [6.07, 6.45) is 1.15. The number of nitro groups is 1. The number of carbonyl (C=O) groups is 1. The van der Waals surface area contributed by atoms with Gasteiger partial charge in [0.05, 0.1) is 27.2 Å². The van der Waals surface area contributed by atoms with Crippen LogP contribution in [0.15, 0.2) is 39.9 Å². The fourth-order valence-electron chi connectivity index (χ4n) is 2.15. The fraction of sp³-hybridized carbons (Fsp3) is 0.125. The molecule has 0 aliphatic carbocycles. The predicted molar refractivity (Wildman–Crippen MR) is 99.6 cm³/mol. The maximum Gasteiger partial charge on any atom is 0.282 e. The third-order valence-corrected chi connectivity index (χ3v) is 4.22. The summed E-state index contributed by atoms with van der Waals surface area (Å²) in [7, 11) is 0. The number of fused-ring (bicyclic) bond motifs is 1. The number of halogens is 2. The highest BCUT2D eigenvalue weighted by Gasteiger charge is 2.22. The number of amides is 1. The molecule has 0 unspecified atom stereocenters. The molecule has 0 bridgehead atoms. The Hall–Kier alpha value is -2.85. The molecule has 11 heteroatoms. The molecule has 1 aliphatic rings. The number of ether oxygens (including phenoxy) is 3. The van der Waals surface area contributed by atoms with Gasteiger partial charge in [0.25, 0.3) is 11.6 Å². The van der Waals surface area contributed by atoms with Crippen molar-refractivity contribution in [3.8, 4) is 17.2 Å². The maximum absolute atomic E-state index is 11.8. The monoisotopic (exact) mass is 455 g/mol. The molecular formula is C16H11BrClN3O6. The molecule has 1 aliphatic heterocycles. The SMILES string of the molecule is O=C(COc1ccc(Cl)cc1Br)N/N=C/c1cc2c(cc1[N+](=O)[O-])OCO2. The van der Waals surface area contributed by atoms with Gasteiger partial charge in [-0.05, 0) is 40.2 Å². The summed E-state index contributed by atoms with van der Waals surface area (Å²) in [5, 5.41) is 15.4. The summed E-state index contributed by atoms with van der Waals surface area (Å²) in [5.74, 6) is 0.538. The minimum atomic E-state index is -0.577. The van der Waals surface area contributed by atoms with E-state index in [1.807, 2.05) is 0 Å². The second kappa shape index (κ2) is 8.23. The summed E-state index contributed by atoms with van der Waals surface area (Å²) in [5.41, 5.74) is 2.17. The first-order valence-corrected chi connectivity index (χ1v) is 8.59. The highest BCUT2D eigenvalue weighted by molar-refractivity contribution is 9.10. The van der Waals surface area contributed by atoms with Gasteiger partial charge in [-0.15, -0.1) is 0 Å². The third kappa shape index (κ3) is 4.66. The lowest BCUT2D eigenvalue weighted by Crippen LogP contribution is -2.24. The van der Waals surface area contributed by atoms with Gasteiger partial charge in [0, 0.05) is 5.02 Å². The van der Waals surface area contributed by atoms with E-state index >= 15 is 0 Å². The third-order valence-electron chi connectivity index (χ3n) is 3.36. The van der Waals surface area contributed by atoms with Crippen LogP contribution in [0.2, 0.25) is 5.02 Å². The first kappa shape index (κ1) is 18.9. The zero-order valence-corrected chi connectivity index (χ0v) is 15.8. The summed E-state index contributed by atoms with van der Waals surface area (Å²) >= 11 is 9.10. The van der Waals surface area contributed by atoms with Gasteiger partial charge in [-0.2, -0.15) is 5.10 Å². The number of hydrogen-bond acceptors (Lipinski definition) is 7. The number of benzene rings is 2. The summed E-state index contributed by atoms with van der Waals surface area (Å²) < 4.78 is 16.2. The first-order chi connectivity index (χ1) is 12.9.